The zero-order chi connectivity index (χ0) is 19.5. The highest BCUT2D eigenvalue weighted by atomic mass is 35.5. The molecule has 2 aromatic carbocycles. The van der Waals surface area contributed by atoms with Crippen molar-refractivity contribution in [1.82, 2.24) is 25.7 Å². The maximum atomic E-state index is 13.2. The number of halogens is 3. The first-order chi connectivity index (χ1) is 13.6. The molecular formula is C19H19ClF2N6S. The van der Waals surface area contributed by atoms with Crippen LogP contribution in [0.3, 0.4) is 0 Å². The molecule has 10 heteroatoms. The van der Waals surface area contributed by atoms with Crippen molar-refractivity contribution in [3.8, 4) is 10.6 Å². The molecule has 0 amide bonds. The number of aryl methyl sites for hydroxylation is 1. The smallest absolute Gasteiger partial charge is 0.206 e. The van der Waals surface area contributed by atoms with Gasteiger partial charge in [0.25, 0.3) is 0 Å². The fourth-order valence-corrected chi connectivity index (χ4v) is 3.65. The number of anilines is 1. The van der Waals surface area contributed by atoms with Gasteiger partial charge < -0.3 is 10.6 Å². The van der Waals surface area contributed by atoms with Crippen molar-refractivity contribution in [2.24, 2.45) is 0 Å². The van der Waals surface area contributed by atoms with E-state index in [4.69, 9.17) is 0 Å². The number of nitrogens with one attached hydrogen (secondary N) is 3. The van der Waals surface area contributed by atoms with Crippen molar-refractivity contribution in [2.75, 3.05) is 18.4 Å². The van der Waals surface area contributed by atoms with Crippen LogP contribution in [0, 0.1) is 18.6 Å². The number of aromatic nitrogens is 4. The minimum absolute atomic E-state index is 0. The van der Waals surface area contributed by atoms with Crippen LogP contribution in [0.5, 0.6) is 0 Å². The molecule has 0 fully saturated rings. The molecule has 6 nitrogen and oxygen atoms in total. The van der Waals surface area contributed by atoms with Gasteiger partial charge in [-0.2, -0.15) is 5.10 Å². The van der Waals surface area contributed by atoms with E-state index in [1.165, 1.54) is 23.5 Å². The third kappa shape index (κ3) is 5.06. The van der Waals surface area contributed by atoms with Crippen molar-refractivity contribution in [2.45, 2.75) is 13.5 Å². The van der Waals surface area contributed by atoms with Gasteiger partial charge in [0.2, 0.25) is 5.13 Å². The van der Waals surface area contributed by atoms with Gasteiger partial charge in [-0.15, -0.1) is 22.6 Å². The fraction of sp³-hybridized carbons (Fsp3) is 0.211. The summed E-state index contributed by atoms with van der Waals surface area (Å²) >= 11 is 1.47. The van der Waals surface area contributed by atoms with Gasteiger partial charge in [0.05, 0.1) is 5.52 Å². The van der Waals surface area contributed by atoms with Crippen LogP contribution in [0.25, 0.3) is 21.5 Å². The standard InChI is InChI=1S/C19H18F2N6S.ClH/c1-11-16-8-13(2-3-17(16)25-24-11)18-26-27-19(28-18)23-5-4-22-10-12-6-14(20)9-15(21)7-12;/h2-3,6-9,22H,4-5,10H2,1H3,(H,23,27)(H,24,25);1H. The Balaban J connectivity index is 0.00000240. The molecule has 152 valence electrons. The normalized spacial score (nSPS) is 10.9. The molecule has 0 radical (unpaired) electrons. The van der Waals surface area contributed by atoms with E-state index < -0.39 is 11.6 Å². The van der Waals surface area contributed by atoms with E-state index in [-0.39, 0.29) is 12.4 Å². The van der Waals surface area contributed by atoms with Crippen molar-refractivity contribution in [3.63, 3.8) is 0 Å². The lowest BCUT2D eigenvalue weighted by Gasteiger charge is -2.06. The number of aromatic amines is 1. The highest BCUT2D eigenvalue weighted by Crippen LogP contribution is 2.29. The van der Waals surface area contributed by atoms with Crippen molar-refractivity contribution in [3.05, 3.63) is 59.3 Å². The molecule has 29 heavy (non-hydrogen) atoms. The maximum Gasteiger partial charge on any atom is 0.206 e. The third-order valence-electron chi connectivity index (χ3n) is 4.25. The first-order valence-corrected chi connectivity index (χ1v) is 9.58. The number of rotatable bonds is 7. The number of benzene rings is 2. The molecule has 0 saturated heterocycles. The van der Waals surface area contributed by atoms with Crippen LogP contribution in [0.4, 0.5) is 13.9 Å². The summed E-state index contributed by atoms with van der Waals surface area (Å²) in [7, 11) is 0. The molecule has 0 unspecified atom stereocenters. The Labute approximate surface area is 176 Å². The van der Waals surface area contributed by atoms with Gasteiger partial charge in [-0.1, -0.05) is 11.3 Å². The molecular weight excluding hydrogens is 418 g/mol. The lowest BCUT2D eigenvalue weighted by molar-refractivity contribution is 0.576. The summed E-state index contributed by atoms with van der Waals surface area (Å²) in [5, 5.41) is 24.6. The van der Waals surface area contributed by atoms with Crippen LogP contribution in [-0.4, -0.2) is 33.5 Å². The van der Waals surface area contributed by atoms with Crippen LogP contribution < -0.4 is 10.6 Å². The van der Waals surface area contributed by atoms with E-state index in [2.05, 4.69) is 37.1 Å². The molecule has 0 spiro atoms. The summed E-state index contributed by atoms with van der Waals surface area (Å²) in [6.07, 6.45) is 0. The summed E-state index contributed by atoms with van der Waals surface area (Å²) in [4.78, 5) is 0. The van der Waals surface area contributed by atoms with Crippen molar-refractivity contribution < 1.29 is 8.78 Å². The van der Waals surface area contributed by atoms with Crippen LogP contribution in [0.2, 0.25) is 0 Å². The summed E-state index contributed by atoms with van der Waals surface area (Å²) in [6.45, 7) is 3.61. The molecule has 3 N–H and O–H groups in total. The Morgan fingerprint density at radius 2 is 1.83 bits per heavy atom. The quantitative estimate of drug-likeness (QED) is 0.377. The summed E-state index contributed by atoms with van der Waals surface area (Å²) in [5.74, 6) is -1.14. The lowest BCUT2D eigenvalue weighted by atomic mass is 10.1. The van der Waals surface area contributed by atoms with Crippen LogP contribution >= 0.6 is 23.7 Å². The molecule has 0 aliphatic heterocycles. The van der Waals surface area contributed by atoms with Gasteiger partial charge in [-0.3, -0.25) is 5.10 Å². The Bertz CT molecular complexity index is 1090. The molecule has 0 aliphatic carbocycles. The summed E-state index contributed by atoms with van der Waals surface area (Å²) < 4.78 is 26.3. The minimum Gasteiger partial charge on any atom is -0.359 e. The third-order valence-corrected chi connectivity index (χ3v) is 5.18. The molecule has 0 aliphatic rings. The number of H-pyrrole nitrogens is 1. The highest BCUT2D eigenvalue weighted by Gasteiger charge is 2.09. The first-order valence-electron chi connectivity index (χ1n) is 8.76. The zero-order valence-electron chi connectivity index (χ0n) is 15.5. The largest absolute Gasteiger partial charge is 0.359 e. The van der Waals surface area contributed by atoms with E-state index in [0.29, 0.717) is 25.2 Å². The van der Waals surface area contributed by atoms with E-state index in [9.17, 15) is 8.78 Å². The van der Waals surface area contributed by atoms with E-state index >= 15 is 0 Å². The summed E-state index contributed by atoms with van der Waals surface area (Å²) in [5.41, 5.74) is 3.51. The molecule has 2 aromatic heterocycles. The predicted molar refractivity (Wildman–Crippen MR) is 114 cm³/mol. The average molecular weight is 437 g/mol. The fourth-order valence-electron chi connectivity index (χ4n) is 2.89. The second kappa shape index (κ2) is 9.25. The van der Waals surface area contributed by atoms with Crippen molar-refractivity contribution >= 4 is 39.8 Å². The highest BCUT2D eigenvalue weighted by molar-refractivity contribution is 7.18. The zero-order valence-corrected chi connectivity index (χ0v) is 17.1. The van der Waals surface area contributed by atoms with E-state index in [1.54, 1.807) is 0 Å². The molecule has 4 rings (SSSR count). The Morgan fingerprint density at radius 3 is 2.62 bits per heavy atom. The van der Waals surface area contributed by atoms with E-state index in [0.717, 1.165) is 38.4 Å². The molecule has 0 saturated carbocycles. The topological polar surface area (TPSA) is 78.5 Å². The van der Waals surface area contributed by atoms with Gasteiger partial charge in [-0.05, 0) is 42.8 Å². The minimum atomic E-state index is -0.569. The number of nitrogens with zero attached hydrogens (tertiary/aromatic N) is 3. The number of hydrogen-bond donors (Lipinski definition) is 3. The molecule has 0 atom stereocenters. The van der Waals surface area contributed by atoms with Gasteiger partial charge in [0.1, 0.15) is 16.6 Å². The van der Waals surface area contributed by atoms with Gasteiger partial charge >= 0.3 is 0 Å². The number of fused-ring (bicyclic) bond motifs is 1. The second-order valence-corrected chi connectivity index (χ2v) is 7.35. The molecule has 4 aromatic rings. The average Bonchev–Trinajstić information content (AvgIpc) is 3.28. The second-order valence-electron chi connectivity index (χ2n) is 6.37. The summed E-state index contributed by atoms with van der Waals surface area (Å²) in [6, 6.07) is 9.49. The van der Waals surface area contributed by atoms with Crippen LogP contribution in [0.15, 0.2) is 36.4 Å². The van der Waals surface area contributed by atoms with Gasteiger partial charge in [-0.25, -0.2) is 8.78 Å². The molecule has 0 bridgehead atoms. The van der Waals surface area contributed by atoms with Crippen molar-refractivity contribution in [1.29, 1.82) is 0 Å². The van der Waals surface area contributed by atoms with Crippen LogP contribution in [0.1, 0.15) is 11.3 Å². The monoisotopic (exact) mass is 436 g/mol. The Kier molecular flexibility index (Phi) is 6.73. The van der Waals surface area contributed by atoms with Crippen LogP contribution in [-0.2, 0) is 6.54 Å². The number of hydrogen-bond acceptors (Lipinski definition) is 6. The molecule has 2 heterocycles. The predicted octanol–water partition coefficient (Wildman–Crippen LogP) is 4.29. The lowest BCUT2D eigenvalue weighted by Crippen LogP contribution is -2.21. The van der Waals surface area contributed by atoms with Gasteiger partial charge in [0.15, 0.2) is 0 Å². The maximum absolute atomic E-state index is 13.2. The Hall–Kier alpha value is -2.62. The SMILES string of the molecule is Cc1[nH]nc2ccc(-c3nnc(NCCNCc4cc(F)cc(F)c4)s3)cc12.Cl. The Morgan fingerprint density at radius 1 is 1.03 bits per heavy atom. The van der Waals surface area contributed by atoms with Gasteiger partial charge in [0, 0.05) is 42.3 Å². The first kappa shape index (κ1) is 21.1. The van der Waals surface area contributed by atoms with E-state index in [1.807, 2.05) is 19.1 Å².